The highest BCUT2D eigenvalue weighted by molar-refractivity contribution is 5.97. The van der Waals surface area contributed by atoms with Crippen molar-refractivity contribution in [3.63, 3.8) is 0 Å². The molecule has 0 fully saturated rings. The molecule has 0 saturated carbocycles. The van der Waals surface area contributed by atoms with Gasteiger partial charge in [-0.1, -0.05) is 55.5 Å². The lowest BCUT2D eigenvalue weighted by Crippen LogP contribution is -2.49. The molecule has 2 aliphatic rings. The molecule has 3 aromatic rings. The predicted octanol–water partition coefficient (Wildman–Crippen LogP) is 4.33. The van der Waals surface area contributed by atoms with Crippen LogP contribution >= 0.6 is 0 Å². The number of aliphatic hydroxyl groups is 1. The smallest absolute Gasteiger partial charge is 0.259 e. The first-order valence-corrected chi connectivity index (χ1v) is 13.3. The molecule has 3 heterocycles. The van der Waals surface area contributed by atoms with Gasteiger partial charge >= 0.3 is 0 Å². The van der Waals surface area contributed by atoms with Crippen LogP contribution in [0.3, 0.4) is 0 Å². The number of likely N-dealkylation sites (N-methyl/N-ethyl adjacent to an activating group) is 1. The Kier molecular flexibility index (Phi) is 8.14. The fourth-order valence-electron chi connectivity index (χ4n) is 4.91. The fourth-order valence-corrected chi connectivity index (χ4v) is 4.91. The number of pyridine rings is 1. The lowest BCUT2D eigenvalue weighted by molar-refractivity contribution is 0.0325. The maximum atomic E-state index is 13.7. The number of nitrogens with zero attached hydrogens (tertiary/aromatic N) is 3. The van der Waals surface area contributed by atoms with E-state index in [2.05, 4.69) is 16.8 Å². The van der Waals surface area contributed by atoms with Crippen LogP contribution in [0.2, 0.25) is 0 Å². The van der Waals surface area contributed by atoms with Gasteiger partial charge in [-0.25, -0.2) is 4.98 Å². The van der Waals surface area contributed by atoms with Crippen molar-refractivity contribution < 1.29 is 24.1 Å². The van der Waals surface area contributed by atoms with Crippen LogP contribution in [0.15, 0.2) is 60.8 Å². The number of benzene rings is 2. The second-order valence-corrected chi connectivity index (χ2v) is 10.4. The summed E-state index contributed by atoms with van der Waals surface area (Å²) >= 11 is 0. The average molecular weight is 530 g/mol. The predicted molar refractivity (Wildman–Crippen MR) is 150 cm³/mol. The number of hydrogen-bond acceptors (Lipinski definition) is 7. The number of rotatable bonds is 8. The second-order valence-electron chi connectivity index (χ2n) is 10.4. The first kappa shape index (κ1) is 26.7. The molecule has 204 valence electrons. The monoisotopic (exact) mass is 529 g/mol. The molecule has 5 rings (SSSR count). The van der Waals surface area contributed by atoms with E-state index in [1.165, 1.54) is 0 Å². The summed E-state index contributed by atoms with van der Waals surface area (Å²) in [5.41, 5.74) is 3.37. The van der Waals surface area contributed by atoms with Crippen LogP contribution < -0.4 is 14.2 Å². The number of carbonyl (C=O) groups excluding carboxylic acids is 1. The van der Waals surface area contributed by atoms with Gasteiger partial charge in [0, 0.05) is 31.7 Å². The quantitative estimate of drug-likeness (QED) is 0.465. The Morgan fingerprint density at radius 1 is 1.10 bits per heavy atom. The molecule has 3 atom stereocenters. The van der Waals surface area contributed by atoms with Gasteiger partial charge in [-0.3, -0.25) is 9.69 Å². The van der Waals surface area contributed by atoms with Gasteiger partial charge in [0.2, 0.25) is 12.7 Å². The van der Waals surface area contributed by atoms with E-state index in [4.69, 9.17) is 14.2 Å². The van der Waals surface area contributed by atoms with Crippen LogP contribution in [0, 0.1) is 5.92 Å². The third kappa shape index (κ3) is 6.24. The molecule has 8 nitrogen and oxygen atoms in total. The van der Waals surface area contributed by atoms with Crippen molar-refractivity contribution in [1.29, 1.82) is 0 Å². The first-order chi connectivity index (χ1) is 18.9. The van der Waals surface area contributed by atoms with E-state index in [1.807, 2.05) is 80.7 Å². The molecule has 0 saturated heterocycles. The van der Waals surface area contributed by atoms with Gasteiger partial charge in [-0.15, -0.1) is 0 Å². The summed E-state index contributed by atoms with van der Waals surface area (Å²) in [6.45, 7) is 5.85. The molecule has 39 heavy (non-hydrogen) atoms. The van der Waals surface area contributed by atoms with E-state index in [0.29, 0.717) is 31.1 Å². The van der Waals surface area contributed by atoms with E-state index in [0.717, 1.165) is 28.2 Å². The number of amides is 1. The van der Waals surface area contributed by atoms with Crippen molar-refractivity contribution in [1.82, 2.24) is 14.8 Å². The summed E-state index contributed by atoms with van der Waals surface area (Å²) < 4.78 is 17.4. The SMILES string of the molecule is C[C@H]1CN([C@@H](C)CO)C(=O)c2cc(/C=C/c3ccccc3)cnc2O[C@@H]1CN(C)Cc1ccc2c(c1)OCO2. The van der Waals surface area contributed by atoms with Crippen LogP contribution in [0.4, 0.5) is 0 Å². The van der Waals surface area contributed by atoms with Crippen molar-refractivity contribution >= 4 is 18.1 Å². The Bertz CT molecular complexity index is 1330. The molecular formula is C31H35N3O5. The lowest BCUT2D eigenvalue weighted by atomic mass is 9.99. The molecule has 2 aliphatic heterocycles. The average Bonchev–Trinajstić information content (AvgIpc) is 3.42. The van der Waals surface area contributed by atoms with Gasteiger partial charge in [0.15, 0.2) is 11.5 Å². The first-order valence-electron chi connectivity index (χ1n) is 13.3. The zero-order chi connectivity index (χ0) is 27.4. The van der Waals surface area contributed by atoms with E-state index < -0.39 is 0 Å². The highest BCUT2D eigenvalue weighted by atomic mass is 16.7. The van der Waals surface area contributed by atoms with Gasteiger partial charge < -0.3 is 24.2 Å². The molecule has 0 radical (unpaired) electrons. The molecule has 0 bridgehead atoms. The summed E-state index contributed by atoms with van der Waals surface area (Å²) in [5, 5.41) is 9.93. The molecule has 0 unspecified atom stereocenters. The topological polar surface area (TPSA) is 84.4 Å². The van der Waals surface area contributed by atoms with Crippen LogP contribution in [0.1, 0.15) is 40.9 Å². The highest BCUT2D eigenvalue weighted by Crippen LogP contribution is 2.33. The van der Waals surface area contributed by atoms with Crippen molar-refractivity contribution in [2.45, 2.75) is 32.5 Å². The molecular weight excluding hydrogens is 494 g/mol. The fraction of sp³-hybridized carbons (Fsp3) is 0.355. The summed E-state index contributed by atoms with van der Waals surface area (Å²) in [6.07, 6.45) is 5.43. The third-order valence-corrected chi connectivity index (χ3v) is 7.19. The summed E-state index contributed by atoms with van der Waals surface area (Å²) in [7, 11) is 2.05. The number of aromatic nitrogens is 1. The van der Waals surface area contributed by atoms with E-state index in [1.54, 1.807) is 11.1 Å². The zero-order valence-electron chi connectivity index (χ0n) is 22.6. The van der Waals surface area contributed by atoms with Gasteiger partial charge in [-0.05, 0) is 48.9 Å². The van der Waals surface area contributed by atoms with Gasteiger partial charge in [0.05, 0.1) is 12.6 Å². The minimum atomic E-state index is -0.332. The molecule has 1 amide bonds. The Morgan fingerprint density at radius 3 is 2.67 bits per heavy atom. The Hall–Kier alpha value is -3.88. The Balaban J connectivity index is 1.38. The minimum Gasteiger partial charge on any atom is -0.472 e. The number of fused-ring (bicyclic) bond motifs is 2. The number of carbonyl (C=O) groups is 1. The number of ether oxygens (including phenoxy) is 3. The molecule has 2 aromatic carbocycles. The number of hydrogen-bond donors (Lipinski definition) is 1. The maximum absolute atomic E-state index is 13.7. The lowest BCUT2D eigenvalue weighted by Gasteiger charge is -2.37. The van der Waals surface area contributed by atoms with Gasteiger partial charge in [-0.2, -0.15) is 0 Å². The molecule has 0 spiro atoms. The van der Waals surface area contributed by atoms with Crippen molar-refractivity contribution in [2.75, 3.05) is 33.5 Å². The minimum absolute atomic E-state index is 0.00903. The Morgan fingerprint density at radius 2 is 1.87 bits per heavy atom. The largest absolute Gasteiger partial charge is 0.472 e. The van der Waals surface area contributed by atoms with Crippen molar-refractivity contribution in [2.24, 2.45) is 5.92 Å². The summed E-state index contributed by atoms with van der Waals surface area (Å²) in [4.78, 5) is 22.2. The van der Waals surface area contributed by atoms with Crippen molar-refractivity contribution in [3.8, 4) is 17.4 Å². The number of aliphatic hydroxyl groups excluding tert-OH is 1. The molecule has 0 aliphatic carbocycles. The van der Waals surface area contributed by atoms with E-state index in [-0.39, 0.29) is 37.4 Å². The van der Waals surface area contributed by atoms with Crippen LogP contribution in [0.25, 0.3) is 12.2 Å². The normalized spacial score (nSPS) is 19.5. The van der Waals surface area contributed by atoms with Crippen molar-refractivity contribution in [3.05, 3.63) is 83.0 Å². The third-order valence-electron chi connectivity index (χ3n) is 7.19. The van der Waals surface area contributed by atoms with Crippen LogP contribution in [0.5, 0.6) is 17.4 Å². The van der Waals surface area contributed by atoms with Crippen LogP contribution in [-0.4, -0.2) is 71.5 Å². The van der Waals surface area contributed by atoms with E-state index >= 15 is 0 Å². The van der Waals surface area contributed by atoms with Gasteiger partial charge in [0.25, 0.3) is 5.91 Å². The standard InChI is InChI=1S/C31H35N3O5/c1-21-16-34(22(2)19-35)31(36)26-13-24(10-9-23-7-5-4-6-8-23)15-32-30(26)39-29(21)18-33(3)17-25-11-12-27-28(14-25)38-20-37-27/h4-15,21-22,29,35H,16-20H2,1-3H3/b10-9+/t21-,22-,29+/m0/s1. The highest BCUT2D eigenvalue weighted by Gasteiger charge is 2.34. The van der Waals surface area contributed by atoms with Crippen LogP contribution in [-0.2, 0) is 6.54 Å². The van der Waals surface area contributed by atoms with E-state index in [9.17, 15) is 9.90 Å². The Labute approximate surface area is 229 Å². The summed E-state index contributed by atoms with van der Waals surface area (Å²) in [6, 6.07) is 17.4. The zero-order valence-corrected chi connectivity index (χ0v) is 22.6. The molecule has 1 N–H and O–H groups in total. The summed E-state index contributed by atoms with van der Waals surface area (Å²) in [5.74, 6) is 1.67. The molecule has 8 heteroatoms. The van der Waals surface area contributed by atoms with Gasteiger partial charge in [0.1, 0.15) is 11.7 Å². The second kappa shape index (κ2) is 11.9. The maximum Gasteiger partial charge on any atom is 0.259 e. The molecule has 1 aromatic heterocycles.